The first-order valence-electron chi connectivity index (χ1n) is 11.5. The summed E-state index contributed by atoms with van der Waals surface area (Å²) in [7, 11) is 0. The number of hydrogen-bond donors (Lipinski definition) is 0. The van der Waals surface area contributed by atoms with Crippen LogP contribution in [0.25, 0.3) is 10.8 Å². The van der Waals surface area contributed by atoms with E-state index in [9.17, 15) is 9.59 Å². The van der Waals surface area contributed by atoms with Gasteiger partial charge in [-0.25, -0.2) is 4.98 Å². The van der Waals surface area contributed by atoms with Crippen molar-refractivity contribution in [2.75, 3.05) is 44.2 Å². The van der Waals surface area contributed by atoms with Crippen LogP contribution < -0.4 is 4.90 Å². The van der Waals surface area contributed by atoms with Crippen LogP contribution >= 0.6 is 0 Å². The number of carbonyl (C=O) groups is 2. The molecule has 0 bridgehead atoms. The molecule has 166 valence electrons. The van der Waals surface area contributed by atoms with Crippen molar-refractivity contribution in [2.24, 2.45) is 0 Å². The first kappa shape index (κ1) is 20.7. The average Bonchev–Trinajstić information content (AvgIpc) is 3.35. The van der Waals surface area contributed by atoms with Gasteiger partial charge in [-0.05, 0) is 24.6 Å². The van der Waals surface area contributed by atoms with Crippen LogP contribution in [-0.4, -0.2) is 70.4 Å². The van der Waals surface area contributed by atoms with Crippen LogP contribution in [0.4, 0.5) is 5.69 Å². The van der Waals surface area contributed by atoms with Crippen molar-refractivity contribution in [3.8, 4) is 0 Å². The minimum Gasteiger partial charge on any atom is -0.368 e. The Kier molecular flexibility index (Phi) is 5.66. The summed E-state index contributed by atoms with van der Waals surface area (Å²) >= 11 is 0. The van der Waals surface area contributed by atoms with Crippen LogP contribution in [0, 0.1) is 0 Å². The maximum absolute atomic E-state index is 13.1. The van der Waals surface area contributed by atoms with Crippen LogP contribution in [0.2, 0.25) is 0 Å². The SMILES string of the molecule is CCCCN1C(=O)c2cccc3c(N4CCN(CCn5ccnc5)CC4)ccc(c23)C1=O. The molecule has 2 amide bonds. The number of piperazine rings is 1. The number of rotatable bonds is 7. The van der Waals surface area contributed by atoms with Gasteiger partial charge in [0.2, 0.25) is 0 Å². The summed E-state index contributed by atoms with van der Waals surface area (Å²) in [6.45, 7) is 8.31. The molecule has 0 aliphatic carbocycles. The summed E-state index contributed by atoms with van der Waals surface area (Å²) in [4.78, 5) is 36.6. The van der Waals surface area contributed by atoms with Crippen molar-refractivity contribution in [1.29, 1.82) is 0 Å². The van der Waals surface area contributed by atoms with Gasteiger partial charge in [0.05, 0.1) is 6.33 Å². The first-order valence-corrected chi connectivity index (χ1v) is 11.5. The van der Waals surface area contributed by atoms with E-state index in [4.69, 9.17) is 0 Å². The van der Waals surface area contributed by atoms with Gasteiger partial charge in [0.1, 0.15) is 0 Å². The molecule has 0 N–H and O–H groups in total. The fourth-order valence-electron chi connectivity index (χ4n) is 4.81. The fraction of sp³-hybridized carbons (Fsp3) is 0.400. The summed E-state index contributed by atoms with van der Waals surface area (Å²) in [5.74, 6) is -0.328. The predicted octanol–water partition coefficient (Wildman–Crippen LogP) is 3.25. The molecule has 5 rings (SSSR count). The molecule has 2 aliphatic rings. The number of aromatic nitrogens is 2. The van der Waals surface area contributed by atoms with Gasteiger partial charge in [0, 0.05) is 85.8 Å². The number of amides is 2. The number of unbranched alkanes of at least 4 members (excludes halogenated alkanes) is 1. The lowest BCUT2D eigenvalue weighted by Gasteiger charge is -2.37. The second kappa shape index (κ2) is 8.74. The van der Waals surface area contributed by atoms with Gasteiger partial charge in [-0.1, -0.05) is 25.5 Å². The van der Waals surface area contributed by atoms with E-state index in [-0.39, 0.29) is 11.8 Å². The van der Waals surface area contributed by atoms with Crippen LogP contribution in [0.3, 0.4) is 0 Å². The van der Waals surface area contributed by atoms with Gasteiger partial charge >= 0.3 is 0 Å². The Labute approximate surface area is 188 Å². The van der Waals surface area contributed by atoms with E-state index in [1.54, 1.807) is 0 Å². The van der Waals surface area contributed by atoms with Gasteiger partial charge in [-0.15, -0.1) is 0 Å². The number of anilines is 1. The highest BCUT2D eigenvalue weighted by Gasteiger charge is 2.33. The number of carbonyl (C=O) groups excluding carboxylic acids is 2. The minimum absolute atomic E-state index is 0.164. The summed E-state index contributed by atoms with van der Waals surface area (Å²) in [6.07, 6.45) is 7.44. The van der Waals surface area contributed by atoms with Crippen molar-refractivity contribution >= 4 is 28.3 Å². The number of hydrogen-bond acceptors (Lipinski definition) is 5. The molecule has 1 fully saturated rings. The molecule has 1 aromatic heterocycles. The monoisotopic (exact) mass is 431 g/mol. The molecule has 0 saturated carbocycles. The quantitative estimate of drug-likeness (QED) is 0.538. The third kappa shape index (κ3) is 3.66. The van der Waals surface area contributed by atoms with E-state index in [1.165, 1.54) is 4.90 Å². The van der Waals surface area contributed by atoms with Crippen LogP contribution in [0.15, 0.2) is 49.1 Å². The lowest BCUT2D eigenvalue weighted by atomic mass is 9.92. The molecule has 7 nitrogen and oxygen atoms in total. The molecule has 32 heavy (non-hydrogen) atoms. The van der Waals surface area contributed by atoms with Gasteiger partial charge in [0.25, 0.3) is 11.8 Å². The Hall–Kier alpha value is -3.19. The Morgan fingerprint density at radius 3 is 2.41 bits per heavy atom. The molecular formula is C25H29N5O2. The Morgan fingerprint density at radius 1 is 0.906 bits per heavy atom. The highest BCUT2D eigenvalue weighted by molar-refractivity contribution is 6.26. The van der Waals surface area contributed by atoms with E-state index in [1.807, 2.05) is 43.0 Å². The van der Waals surface area contributed by atoms with Crippen molar-refractivity contribution in [3.63, 3.8) is 0 Å². The largest absolute Gasteiger partial charge is 0.368 e. The third-order valence-corrected chi connectivity index (χ3v) is 6.65. The molecule has 0 atom stereocenters. The zero-order valence-electron chi connectivity index (χ0n) is 18.5. The fourth-order valence-corrected chi connectivity index (χ4v) is 4.81. The van der Waals surface area contributed by atoms with Crippen molar-refractivity contribution in [2.45, 2.75) is 26.3 Å². The zero-order valence-corrected chi connectivity index (χ0v) is 18.5. The van der Waals surface area contributed by atoms with Gasteiger partial charge in [-0.2, -0.15) is 0 Å². The summed E-state index contributed by atoms with van der Waals surface area (Å²) in [6, 6.07) is 9.83. The minimum atomic E-state index is -0.164. The molecule has 1 saturated heterocycles. The van der Waals surface area contributed by atoms with E-state index in [0.717, 1.165) is 68.6 Å². The molecule has 0 unspecified atom stereocenters. The molecule has 0 spiro atoms. The van der Waals surface area contributed by atoms with Crippen LogP contribution in [0.5, 0.6) is 0 Å². The molecule has 7 heteroatoms. The maximum atomic E-state index is 13.1. The van der Waals surface area contributed by atoms with Gasteiger partial charge in [-0.3, -0.25) is 19.4 Å². The Balaban J connectivity index is 1.37. The summed E-state index contributed by atoms with van der Waals surface area (Å²) < 4.78 is 2.11. The van der Waals surface area contributed by atoms with Crippen molar-refractivity contribution in [3.05, 3.63) is 60.2 Å². The highest BCUT2D eigenvalue weighted by atomic mass is 16.2. The average molecular weight is 432 g/mol. The summed E-state index contributed by atoms with van der Waals surface area (Å²) in [5.41, 5.74) is 2.41. The highest BCUT2D eigenvalue weighted by Crippen LogP contribution is 2.36. The summed E-state index contributed by atoms with van der Waals surface area (Å²) in [5, 5.41) is 1.82. The standard InChI is InChI=1S/C25H29N5O2/c1-2-3-10-30-24(31)20-6-4-5-19-22(8-7-21(23(19)20)25(30)32)29-16-14-27(15-17-29)12-13-28-11-9-26-18-28/h4-9,11,18H,2-3,10,12-17H2,1H3. The molecule has 3 aromatic rings. The second-order valence-electron chi connectivity index (χ2n) is 8.61. The van der Waals surface area contributed by atoms with E-state index in [2.05, 4.69) is 32.3 Å². The lowest BCUT2D eigenvalue weighted by Crippen LogP contribution is -2.47. The smallest absolute Gasteiger partial charge is 0.261 e. The molecular weight excluding hydrogens is 402 g/mol. The Morgan fingerprint density at radius 2 is 1.69 bits per heavy atom. The number of benzene rings is 2. The predicted molar refractivity (Wildman–Crippen MR) is 125 cm³/mol. The van der Waals surface area contributed by atoms with Crippen molar-refractivity contribution in [1.82, 2.24) is 19.4 Å². The van der Waals surface area contributed by atoms with E-state index in [0.29, 0.717) is 17.7 Å². The van der Waals surface area contributed by atoms with Crippen molar-refractivity contribution < 1.29 is 9.59 Å². The molecule has 2 aromatic carbocycles. The van der Waals surface area contributed by atoms with Gasteiger partial charge in [0.15, 0.2) is 0 Å². The Bertz CT molecular complexity index is 1110. The number of imidazole rings is 1. The third-order valence-electron chi connectivity index (χ3n) is 6.65. The van der Waals surface area contributed by atoms with Crippen LogP contribution in [0.1, 0.15) is 40.5 Å². The number of imide groups is 1. The zero-order chi connectivity index (χ0) is 22.1. The normalized spacial score (nSPS) is 16.9. The van der Waals surface area contributed by atoms with Gasteiger partial charge < -0.3 is 9.47 Å². The lowest BCUT2D eigenvalue weighted by molar-refractivity contribution is 0.0608. The number of nitrogens with zero attached hydrogens (tertiary/aromatic N) is 5. The first-order chi connectivity index (χ1) is 15.7. The molecule has 0 radical (unpaired) electrons. The van der Waals surface area contributed by atoms with E-state index < -0.39 is 0 Å². The molecule has 3 heterocycles. The molecule has 2 aliphatic heterocycles. The topological polar surface area (TPSA) is 61.7 Å². The second-order valence-corrected chi connectivity index (χ2v) is 8.61. The van der Waals surface area contributed by atoms with E-state index >= 15 is 0 Å². The maximum Gasteiger partial charge on any atom is 0.261 e. The van der Waals surface area contributed by atoms with Crippen LogP contribution in [-0.2, 0) is 6.54 Å².